The highest BCUT2D eigenvalue weighted by molar-refractivity contribution is 5.72. The Balaban J connectivity index is 1.91. The summed E-state index contributed by atoms with van der Waals surface area (Å²) in [7, 11) is 1.38. The monoisotopic (exact) mass is 275 g/mol. The molecular weight excluding hydrogens is 261 g/mol. The Labute approximate surface area is 115 Å². The zero-order chi connectivity index (χ0) is 14.1. The van der Waals surface area contributed by atoms with Crippen molar-refractivity contribution < 1.29 is 13.9 Å². The summed E-state index contributed by atoms with van der Waals surface area (Å²) in [6.45, 7) is 0.434. The minimum Gasteiger partial charge on any atom is -0.469 e. The quantitative estimate of drug-likeness (QED) is 0.784. The Morgan fingerprint density at radius 2 is 2.25 bits per heavy atom. The number of esters is 1. The van der Waals surface area contributed by atoms with Crippen LogP contribution in [0.3, 0.4) is 0 Å². The molecule has 0 N–H and O–H groups in total. The highest BCUT2D eigenvalue weighted by atomic mass is 19.1. The second-order valence-electron chi connectivity index (χ2n) is 4.77. The topological polar surface area (TPSA) is 57.0 Å². The Hall–Kier alpha value is -2.24. The molecule has 0 saturated heterocycles. The molecule has 0 bridgehead atoms. The lowest BCUT2D eigenvalue weighted by Gasteiger charge is -2.19. The van der Waals surface area contributed by atoms with E-state index in [4.69, 9.17) is 4.74 Å². The van der Waals surface area contributed by atoms with Crippen molar-refractivity contribution in [3.63, 3.8) is 0 Å². The van der Waals surface area contributed by atoms with E-state index in [-0.39, 0.29) is 17.7 Å². The van der Waals surface area contributed by atoms with Crippen LogP contribution in [0.4, 0.5) is 4.39 Å². The molecule has 20 heavy (non-hydrogen) atoms. The van der Waals surface area contributed by atoms with Crippen molar-refractivity contribution in [1.82, 2.24) is 14.8 Å². The van der Waals surface area contributed by atoms with E-state index >= 15 is 0 Å². The molecule has 0 aliphatic carbocycles. The summed E-state index contributed by atoms with van der Waals surface area (Å²) in [5, 5.41) is 4.31. The fraction of sp³-hybridized carbons (Fsp3) is 0.357. The molecule has 1 atom stereocenters. The molecule has 0 fully saturated rings. The van der Waals surface area contributed by atoms with Crippen LogP contribution in [0, 0.1) is 11.7 Å². The number of aryl methyl sites for hydroxylation is 1. The van der Waals surface area contributed by atoms with Crippen LogP contribution >= 0.6 is 0 Å². The predicted octanol–water partition coefficient (Wildman–Crippen LogP) is 1.82. The van der Waals surface area contributed by atoms with Gasteiger partial charge in [-0.15, -0.1) is 0 Å². The summed E-state index contributed by atoms with van der Waals surface area (Å²) < 4.78 is 20.2. The van der Waals surface area contributed by atoms with Gasteiger partial charge in [-0.2, -0.15) is 5.10 Å². The maximum Gasteiger partial charge on any atom is 0.310 e. The van der Waals surface area contributed by atoms with Crippen molar-refractivity contribution in [1.29, 1.82) is 0 Å². The van der Waals surface area contributed by atoms with Gasteiger partial charge in [0.25, 0.3) is 0 Å². The van der Waals surface area contributed by atoms with E-state index < -0.39 is 0 Å². The number of halogens is 1. The molecule has 2 aromatic rings. The van der Waals surface area contributed by atoms with Gasteiger partial charge in [0, 0.05) is 6.42 Å². The average Bonchev–Trinajstić information content (AvgIpc) is 2.89. The molecule has 0 saturated carbocycles. The van der Waals surface area contributed by atoms with Gasteiger partial charge in [0.2, 0.25) is 0 Å². The molecule has 0 radical (unpaired) electrons. The first-order chi connectivity index (χ1) is 9.69. The predicted molar refractivity (Wildman–Crippen MR) is 69.2 cm³/mol. The third-order valence-corrected chi connectivity index (χ3v) is 3.51. The number of hydrogen-bond donors (Lipinski definition) is 0. The first-order valence-corrected chi connectivity index (χ1v) is 6.45. The number of hydrogen-bond acceptors (Lipinski definition) is 4. The Morgan fingerprint density at radius 3 is 3.00 bits per heavy atom. The summed E-state index contributed by atoms with van der Waals surface area (Å²) >= 11 is 0. The van der Waals surface area contributed by atoms with E-state index in [9.17, 15) is 9.18 Å². The van der Waals surface area contributed by atoms with Crippen LogP contribution in [0.25, 0.3) is 11.4 Å². The largest absolute Gasteiger partial charge is 0.469 e. The minimum absolute atomic E-state index is 0.206. The number of methoxy groups -OCH3 is 1. The van der Waals surface area contributed by atoms with Crippen LogP contribution in [0.1, 0.15) is 12.2 Å². The van der Waals surface area contributed by atoms with Crippen molar-refractivity contribution >= 4 is 5.97 Å². The standard InChI is InChI=1S/C14H14FN3O2/c1-20-14(19)9-6-7-12-16-13(17-18(12)8-9)10-4-2-3-5-11(10)15/h2-5,9H,6-8H2,1H3. The number of carbonyl (C=O) groups is 1. The van der Waals surface area contributed by atoms with Gasteiger partial charge in [-0.25, -0.2) is 14.1 Å². The van der Waals surface area contributed by atoms with E-state index in [1.54, 1.807) is 22.9 Å². The van der Waals surface area contributed by atoms with E-state index in [0.29, 0.717) is 30.8 Å². The van der Waals surface area contributed by atoms with E-state index in [1.165, 1.54) is 13.2 Å². The molecule has 104 valence electrons. The Kier molecular flexibility index (Phi) is 3.22. The van der Waals surface area contributed by atoms with E-state index in [1.807, 2.05) is 0 Å². The fourth-order valence-corrected chi connectivity index (χ4v) is 2.42. The van der Waals surface area contributed by atoms with Gasteiger partial charge < -0.3 is 4.74 Å². The third kappa shape index (κ3) is 2.17. The zero-order valence-electron chi connectivity index (χ0n) is 11.0. The number of benzene rings is 1. The fourth-order valence-electron chi connectivity index (χ4n) is 2.42. The number of aromatic nitrogens is 3. The summed E-state index contributed by atoms with van der Waals surface area (Å²) in [6.07, 6.45) is 1.32. The van der Waals surface area contributed by atoms with Crippen LogP contribution in [0.15, 0.2) is 24.3 Å². The first kappa shape index (κ1) is 12.8. The number of carbonyl (C=O) groups excluding carboxylic acids is 1. The second kappa shape index (κ2) is 5.03. The summed E-state index contributed by atoms with van der Waals surface area (Å²) in [5.74, 6) is 0.355. The van der Waals surface area contributed by atoms with Gasteiger partial charge in [-0.3, -0.25) is 4.79 Å². The minimum atomic E-state index is -0.347. The molecule has 5 nitrogen and oxygen atoms in total. The number of ether oxygens (including phenoxy) is 1. The van der Waals surface area contributed by atoms with Crippen LogP contribution in [0.5, 0.6) is 0 Å². The molecule has 6 heteroatoms. The molecular formula is C14H14FN3O2. The van der Waals surface area contributed by atoms with Gasteiger partial charge in [-0.05, 0) is 18.6 Å². The van der Waals surface area contributed by atoms with Crippen LogP contribution in [-0.4, -0.2) is 27.8 Å². The second-order valence-corrected chi connectivity index (χ2v) is 4.77. The molecule has 1 unspecified atom stereocenters. The van der Waals surface area contributed by atoms with Crippen LogP contribution < -0.4 is 0 Å². The van der Waals surface area contributed by atoms with E-state index in [0.717, 1.165) is 5.82 Å². The van der Waals surface area contributed by atoms with Crippen molar-refractivity contribution in [2.45, 2.75) is 19.4 Å². The number of fused-ring (bicyclic) bond motifs is 1. The number of nitrogens with zero attached hydrogens (tertiary/aromatic N) is 3. The summed E-state index contributed by atoms with van der Waals surface area (Å²) in [6, 6.07) is 6.40. The van der Waals surface area contributed by atoms with Gasteiger partial charge in [-0.1, -0.05) is 12.1 Å². The molecule has 2 heterocycles. The molecule has 0 spiro atoms. The lowest BCUT2D eigenvalue weighted by Crippen LogP contribution is -2.28. The lowest BCUT2D eigenvalue weighted by molar-refractivity contribution is -0.146. The molecule has 3 rings (SSSR count). The van der Waals surface area contributed by atoms with Crippen molar-refractivity contribution in [2.24, 2.45) is 5.92 Å². The highest BCUT2D eigenvalue weighted by Gasteiger charge is 2.28. The van der Waals surface area contributed by atoms with Gasteiger partial charge in [0.15, 0.2) is 5.82 Å². The van der Waals surface area contributed by atoms with E-state index in [2.05, 4.69) is 10.1 Å². The summed E-state index contributed by atoms with van der Waals surface area (Å²) in [4.78, 5) is 15.9. The average molecular weight is 275 g/mol. The maximum absolute atomic E-state index is 13.7. The first-order valence-electron chi connectivity index (χ1n) is 6.45. The normalized spacial score (nSPS) is 17.6. The molecule has 1 aromatic carbocycles. The van der Waals surface area contributed by atoms with Crippen molar-refractivity contribution in [3.8, 4) is 11.4 Å². The molecule has 1 aliphatic heterocycles. The highest BCUT2D eigenvalue weighted by Crippen LogP contribution is 2.24. The molecule has 0 amide bonds. The smallest absolute Gasteiger partial charge is 0.310 e. The van der Waals surface area contributed by atoms with Crippen molar-refractivity contribution in [2.75, 3.05) is 7.11 Å². The SMILES string of the molecule is COC(=O)C1CCc2nc(-c3ccccc3F)nn2C1. The van der Waals surface area contributed by atoms with Gasteiger partial charge >= 0.3 is 5.97 Å². The maximum atomic E-state index is 13.7. The Morgan fingerprint density at radius 1 is 1.45 bits per heavy atom. The lowest BCUT2D eigenvalue weighted by atomic mass is 10.0. The van der Waals surface area contributed by atoms with Crippen LogP contribution in [-0.2, 0) is 22.5 Å². The zero-order valence-corrected chi connectivity index (χ0v) is 11.0. The van der Waals surface area contributed by atoms with Gasteiger partial charge in [0.1, 0.15) is 11.6 Å². The number of rotatable bonds is 2. The third-order valence-electron chi connectivity index (χ3n) is 3.51. The Bertz CT molecular complexity index is 654. The molecule has 1 aromatic heterocycles. The van der Waals surface area contributed by atoms with Crippen molar-refractivity contribution in [3.05, 3.63) is 35.9 Å². The summed E-state index contributed by atoms with van der Waals surface area (Å²) in [5.41, 5.74) is 0.379. The molecule has 1 aliphatic rings. The van der Waals surface area contributed by atoms with Gasteiger partial charge in [0.05, 0.1) is 25.1 Å². The van der Waals surface area contributed by atoms with Crippen LogP contribution in [0.2, 0.25) is 0 Å².